The second kappa shape index (κ2) is 3.89. The molecule has 0 aromatic heterocycles. The van der Waals surface area contributed by atoms with E-state index in [0.717, 1.165) is 25.7 Å². The van der Waals surface area contributed by atoms with Gasteiger partial charge in [0.1, 0.15) is 0 Å². The topological polar surface area (TPSA) is 55.1 Å². The highest BCUT2D eigenvalue weighted by Crippen LogP contribution is 2.30. The standard InChI is InChI=1S/C11H20N2O/c1-7-4-10(7)13-11(14)6-8-2-3-9(12)5-8/h7-10H,2-6,12H2,1H3,(H,13,14). The van der Waals surface area contributed by atoms with Gasteiger partial charge in [0.15, 0.2) is 0 Å². The van der Waals surface area contributed by atoms with E-state index in [1.807, 2.05) is 0 Å². The zero-order valence-corrected chi connectivity index (χ0v) is 8.83. The van der Waals surface area contributed by atoms with Crippen LogP contribution >= 0.6 is 0 Å². The molecule has 4 atom stereocenters. The van der Waals surface area contributed by atoms with E-state index in [4.69, 9.17) is 5.73 Å². The van der Waals surface area contributed by atoms with Gasteiger partial charge in [-0.05, 0) is 37.5 Å². The number of rotatable bonds is 3. The monoisotopic (exact) mass is 196 g/mol. The maximum atomic E-state index is 11.5. The summed E-state index contributed by atoms with van der Waals surface area (Å²) in [4.78, 5) is 11.5. The zero-order chi connectivity index (χ0) is 10.1. The molecule has 2 saturated carbocycles. The number of carbonyl (C=O) groups is 1. The number of nitrogens with one attached hydrogen (secondary N) is 1. The quantitative estimate of drug-likeness (QED) is 0.708. The second-order valence-electron chi connectivity index (χ2n) is 5.03. The van der Waals surface area contributed by atoms with Crippen LogP contribution in [-0.2, 0) is 4.79 Å². The average molecular weight is 196 g/mol. The number of nitrogens with two attached hydrogens (primary N) is 1. The fourth-order valence-corrected chi connectivity index (χ4v) is 2.35. The van der Waals surface area contributed by atoms with Crippen molar-refractivity contribution in [1.82, 2.24) is 5.32 Å². The van der Waals surface area contributed by atoms with Gasteiger partial charge in [0.2, 0.25) is 5.91 Å². The predicted molar refractivity (Wildman–Crippen MR) is 55.6 cm³/mol. The molecule has 1 amide bonds. The smallest absolute Gasteiger partial charge is 0.220 e. The number of amides is 1. The van der Waals surface area contributed by atoms with Crippen LogP contribution in [0.1, 0.15) is 39.0 Å². The van der Waals surface area contributed by atoms with Gasteiger partial charge < -0.3 is 11.1 Å². The third-order valence-electron chi connectivity index (χ3n) is 3.51. The van der Waals surface area contributed by atoms with Crippen molar-refractivity contribution >= 4 is 5.91 Å². The minimum absolute atomic E-state index is 0.235. The third-order valence-corrected chi connectivity index (χ3v) is 3.51. The van der Waals surface area contributed by atoms with Gasteiger partial charge in [-0.1, -0.05) is 6.92 Å². The molecule has 2 rings (SSSR count). The van der Waals surface area contributed by atoms with Gasteiger partial charge in [-0.3, -0.25) is 4.79 Å². The predicted octanol–water partition coefficient (Wildman–Crippen LogP) is 1.03. The molecule has 2 aliphatic rings. The van der Waals surface area contributed by atoms with Crippen molar-refractivity contribution in [2.45, 2.75) is 51.1 Å². The highest BCUT2D eigenvalue weighted by atomic mass is 16.1. The summed E-state index contributed by atoms with van der Waals surface area (Å²) in [5, 5.41) is 3.07. The van der Waals surface area contributed by atoms with Gasteiger partial charge in [-0.2, -0.15) is 0 Å². The molecule has 3 nitrogen and oxygen atoms in total. The molecule has 0 aromatic carbocycles. The van der Waals surface area contributed by atoms with E-state index < -0.39 is 0 Å². The van der Waals surface area contributed by atoms with Gasteiger partial charge in [-0.15, -0.1) is 0 Å². The molecule has 2 fully saturated rings. The van der Waals surface area contributed by atoms with Crippen molar-refractivity contribution < 1.29 is 4.79 Å². The van der Waals surface area contributed by atoms with E-state index in [-0.39, 0.29) is 5.91 Å². The largest absolute Gasteiger partial charge is 0.353 e. The third kappa shape index (κ3) is 2.47. The van der Waals surface area contributed by atoms with Crippen LogP contribution < -0.4 is 11.1 Å². The van der Waals surface area contributed by atoms with Crippen molar-refractivity contribution in [1.29, 1.82) is 0 Å². The van der Waals surface area contributed by atoms with Crippen molar-refractivity contribution in [2.75, 3.05) is 0 Å². The van der Waals surface area contributed by atoms with Gasteiger partial charge >= 0.3 is 0 Å². The second-order valence-corrected chi connectivity index (χ2v) is 5.03. The number of hydrogen-bond acceptors (Lipinski definition) is 2. The first-order valence-corrected chi connectivity index (χ1v) is 5.70. The SMILES string of the molecule is CC1CC1NC(=O)CC1CCC(N)C1. The van der Waals surface area contributed by atoms with Crippen molar-refractivity contribution in [2.24, 2.45) is 17.6 Å². The molecule has 0 aromatic rings. The van der Waals surface area contributed by atoms with E-state index in [0.29, 0.717) is 30.3 Å². The molecule has 4 unspecified atom stereocenters. The first kappa shape index (κ1) is 9.97. The van der Waals surface area contributed by atoms with Crippen LogP contribution in [-0.4, -0.2) is 18.0 Å². The maximum absolute atomic E-state index is 11.5. The molecule has 2 aliphatic carbocycles. The Kier molecular flexibility index (Phi) is 2.77. The highest BCUT2D eigenvalue weighted by molar-refractivity contribution is 5.76. The van der Waals surface area contributed by atoms with Crippen molar-refractivity contribution in [3.8, 4) is 0 Å². The Hall–Kier alpha value is -0.570. The van der Waals surface area contributed by atoms with Crippen LogP contribution in [0.15, 0.2) is 0 Å². The molecule has 0 spiro atoms. The van der Waals surface area contributed by atoms with Crippen LogP contribution in [0.5, 0.6) is 0 Å². The first-order chi connectivity index (χ1) is 6.65. The maximum Gasteiger partial charge on any atom is 0.220 e. The van der Waals surface area contributed by atoms with E-state index >= 15 is 0 Å². The fourth-order valence-electron chi connectivity index (χ4n) is 2.35. The zero-order valence-electron chi connectivity index (χ0n) is 8.83. The molecule has 0 heterocycles. The minimum atomic E-state index is 0.235. The Labute approximate surface area is 85.4 Å². The summed E-state index contributed by atoms with van der Waals surface area (Å²) >= 11 is 0. The molecule has 14 heavy (non-hydrogen) atoms. The molecule has 3 N–H and O–H groups in total. The summed E-state index contributed by atoms with van der Waals surface area (Å²) in [6.45, 7) is 2.18. The molecular weight excluding hydrogens is 176 g/mol. The summed E-state index contributed by atoms with van der Waals surface area (Å²) in [5.74, 6) is 1.47. The summed E-state index contributed by atoms with van der Waals surface area (Å²) < 4.78 is 0. The highest BCUT2D eigenvalue weighted by Gasteiger charge is 2.34. The lowest BCUT2D eigenvalue weighted by Crippen LogP contribution is -2.28. The van der Waals surface area contributed by atoms with E-state index in [1.165, 1.54) is 0 Å². The van der Waals surface area contributed by atoms with Crippen LogP contribution in [0.4, 0.5) is 0 Å². The molecule has 0 aliphatic heterocycles. The lowest BCUT2D eigenvalue weighted by molar-refractivity contribution is -0.122. The molecular formula is C11H20N2O. The lowest BCUT2D eigenvalue weighted by Gasteiger charge is -2.09. The van der Waals surface area contributed by atoms with Gasteiger partial charge in [0.25, 0.3) is 0 Å². The molecule has 0 radical (unpaired) electrons. The Morgan fingerprint density at radius 3 is 2.64 bits per heavy atom. The van der Waals surface area contributed by atoms with Gasteiger partial charge in [0.05, 0.1) is 0 Å². The van der Waals surface area contributed by atoms with E-state index in [9.17, 15) is 4.79 Å². The minimum Gasteiger partial charge on any atom is -0.353 e. The molecule has 0 saturated heterocycles. The van der Waals surface area contributed by atoms with E-state index in [1.54, 1.807) is 0 Å². The van der Waals surface area contributed by atoms with Crippen molar-refractivity contribution in [3.63, 3.8) is 0 Å². The summed E-state index contributed by atoms with van der Waals surface area (Å²) in [7, 11) is 0. The lowest BCUT2D eigenvalue weighted by atomic mass is 10.0. The van der Waals surface area contributed by atoms with Crippen LogP contribution in [0.25, 0.3) is 0 Å². The summed E-state index contributed by atoms with van der Waals surface area (Å²) in [6.07, 6.45) is 5.12. The van der Waals surface area contributed by atoms with Crippen LogP contribution in [0, 0.1) is 11.8 Å². The normalized spacial score (nSPS) is 41.0. The Bertz CT molecular complexity index is 229. The first-order valence-electron chi connectivity index (χ1n) is 5.70. The molecule has 80 valence electrons. The molecule has 3 heteroatoms. The van der Waals surface area contributed by atoms with E-state index in [2.05, 4.69) is 12.2 Å². The summed E-state index contributed by atoms with van der Waals surface area (Å²) in [5.41, 5.74) is 5.80. The average Bonchev–Trinajstić information content (AvgIpc) is 2.59. The summed E-state index contributed by atoms with van der Waals surface area (Å²) in [6, 6.07) is 0.810. The van der Waals surface area contributed by atoms with Crippen LogP contribution in [0.2, 0.25) is 0 Å². The molecule has 0 bridgehead atoms. The number of carbonyl (C=O) groups excluding carboxylic acids is 1. The van der Waals surface area contributed by atoms with Crippen molar-refractivity contribution in [3.05, 3.63) is 0 Å². The fraction of sp³-hybridized carbons (Fsp3) is 0.909. The number of hydrogen-bond donors (Lipinski definition) is 2. The Morgan fingerprint density at radius 1 is 1.43 bits per heavy atom. The Balaban J connectivity index is 1.67. The van der Waals surface area contributed by atoms with Crippen LogP contribution in [0.3, 0.4) is 0 Å². The van der Waals surface area contributed by atoms with Gasteiger partial charge in [0, 0.05) is 18.5 Å². The Morgan fingerprint density at radius 2 is 2.14 bits per heavy atom. The van der Waals surface area contributed by atoms with Gasteiger partial charge in [-0.25, -0.2) is 0 Å².